The molecule has 6 heteroatoms. The Kier molecular flexibility index (Phi) is 7.56. The highest BCUT2D eigenvalue weighted by molar-refractivity contribution is 6.10. The van der Waals surface area contributed by atoms with Crippen molar-refractivity contribution in [3.05, 3.63) is 193 Å². The van der Waals surface area contributed by atoms with Crippen LogP contribution >= 0.6 is 0 Å². The molecule has 5 heterocycles. The van der Waals surface area contributed by atoms with Gasteiger partial charge in [-0.25, -0.2) is 4.98 Å². The number of rotatable bonds is 6. The van der Waals surface area contributed by atoms with E-state index in [4.69, 9.17) is 14.4 Å². The van der Waals surface area contributed by atoms with E-state index in [2.05, 4.69) is 216 Å². The lowest BCUT2D eigenvalue weighted by Gasteiger charge is -2.11. The zero-order chi connectivity index (χ0) is 39.9. The van der Waals surface area contributed by atoms with Gasteiger partial charge in [-0.2, -0.15) is 4.98 Å². The number of pyridine rings is 1. The predicted octanol–water partition coefficient (Wildman–Crippen LogP) is 14.0. The Hall–Kier alpha value is -7.96. The number of aryl methyl sites for hydroxylation is 1. The molecule has 5 aromatic heterocycles. The maximum atomic E-state index is 6.78. The van der Waals surface area contributed by atoms with E-state index in [0.29, 0.717) is 17.1 Å². The number of fused-ring (bicyclic) bond motifs is 8. The zero-order valence-electron chi connectivity index (χ0n) is 33.0. The lowest BCUT2D eigenvalue weighted by molar-refractivity contribution is 0.620. The third-order valence-electron chi connectivity index (χ3n) is 12.0. The minimum absolute atomic E-state index is 0.522. The van der Waals surface area contributed by atoms with Crippen molar-refractivity contribution in [1.82, 2.24) is 23.7 Å². The number of nitrogens with zero attached hydrogens (tertiary/aromatic N) is 5. The van der Waals surface area contributed by atoms with Crippen LogP contribution in [-0.2, 0) is 0 Å². The van der Waals surface area contributed by atoms with Crippen LogP contribution < -0.4 is 0 Å². The Morgan fingerprint density at radius 3 is 1.45 bits per heavy atom. The molecule has 0 amide bonds. The van der Waals surface area contributed by atoms with Crippen LogP contribution in [0.3, 0.4) is 0 Å². The second-order valence-electron chi connectivity index (χ2n) is 15.4. The van der Waals surface area contributed by atoms with Gasteiger partial charge in [0.05, 0.1) is 27.6 Å². The van der Waals surface area contributed by atoms with Gasteiger partial charge in [0.25, 0.3) is 0 Å². The van der Waals surface area contributed by atoms with Crippen LogP contribution in [0.4, 0.5) is 0 Å². The standard InChI is InChI=1S/C54H37N5O/c1-3-14-45-34(2)39-15-4-9-20-46(39)57(45)37-31-27-36(28-32-37)54-56-53-52(60-54)44(33-51(55-53)59-49-23-12-7-18-42(49)43-19-8-13-24-50(43)59)35-25-29-38(30-26-35)58-47-21-10-5-16-40(47)41-17-6-11-22-48(41)58/h3-33H,1-2H3/b14-3-. The third kappa shape index (κ3) is 5.07. The van der Waals surface area contributed by atoms with E-state index >= 15 is 0 Å². The zero-order valence-corrected chi connectivity index (χ0v) is 33.0. The molecule has 0 N–H and O–H groups in total. The van der Waals surface area contributed by atoms with Gasteiger partial charge < -0.3 is 13.6 Å². The molecule has 0 saturated heterocycles. The molecule has 0 saturated carbocycles. The van der Waals surface area contributed by atoms with Crippen LogP contribution in [0.5, 0.6) is 0 Å². The number of hydrogen-bond donors (Lipinski definition) is 0. The lowest BCUT2D eigenvalue weighted by Crippen LogP contribution is -1.99. The van der Waals surface area contributed by atoms with Crippen LogP contribution in [0.25, 0.3) is 112 Å². The number of hydrogen-bond acceptors (Lipinski definition) is 3. The maximum absolute atomic E-state index is 6.78. The van der Waals surface area contributed by atoms with Crippen molar-refractivity contribution in [2.45, 2.75) is 13.8 Å². The number of benzene rings is 7. The third-order valence-corrected chi connectivity index (χ3v) is 12.0. The molecular formula is C54H37N5O. The molecule has 60 heavy (non-hydrogen) atoms. The van der Waals surface area contributed by atoms with Crippen molar-refractivity contribution in [3.63, 3.8) is 0 Å². The van der Waals surface area contributed by atoms with Gasteiger partial charge in [0.2, 0.25) is 11.5 Å². The molecule has 12 rings (SSSR count). The highest BCUT2D eigenvalue weighted by Gasteiger charge is 2.21. The fourth-order valence-electron chi connectivity index (χ4n) is 9.32. The predicted molar refractivity (Wildman–Crippen MR) is 248 cm³/mol. The Bertz CT molecular complexity index is 3560. The molecule has 0 aliphatic heterocycles. The molecule has 0 spiro atoms. The molecule has 0 atom stereocenters. The van der Waals surface area contributed by atoms with Gasteiger partial charge in [-0.3, -0.25) is 4.57 Å². The quantitative estimate of drug-likeness (QED) is 0.169. The molecule has 0 bridgehead atoms. The van der Waals surface area contributed by atoms with Gasteiger partial charge in [0, 0.05) is 55.1 Å². The molecule has 0 aliphatic rings. The minimum atomic E-state index is 0.522. The second-order valence-corrected chi connectivity index (χ2v) is 15.4. The van der Waals surface area contributed by atoms with E-state index < -0.39 is 0 Å². The molecule has 0 radical (unpaired) electrons. The van der Waals surface area contributed by atoms with Gasteiger partial charge >= 0.3 is 0 Å². The normalized spacial score (nSPS) is 12.1. The summed E-state index contributed by atoms with van der Waals surface area (Å²) in [6.07, 6.45) is 4.28. The summed E-state index contributed by atoms with van der Waals surface area (Å²) in [5.41, 5.74) is 14.3. The fraction of sp³-hybridized carbons (Fsp3) is 0.0370. The van der Waals surface area contributed by atoms with Crippen LogP contribution in [-0.4, -0.2) is 23.7 Å². The van der Waals surface area contributed by atoms with Crippen LogP contribution in [0.2, 0.25) is 0 Å². The van der Waals surface area contributed by atoms with Gasteiger partial charge in [-0.15, -0.1) is 0 Å². The molecule has 284 valence electrons. The first-order valence-corrected chi connectivity index (χ1v) is 20.4. The van der Waals surface area contributed by atoms with Crippen LogP contribution in [0, 0.1) is 6.92 Å². The molecule has 12 aromatic rings. The van der Waals surface area contributed by atoms with Crippen molar-refractivity contribution >= 4 is 71.8 Å². The maximum Gasteiger partial charge on any atom is 0.228 e. The first-order chi connectivity index (χ1) is 29.6. The van der Waals surface area contributed by atoms with Gasteiger partial charge in [0.15, 0.2) is 5.58 Å². The van der Waals surface area contributed by atoms with Crippen molar-refractivity contribution in [2.75, 3.05) is 0 Å². The summed E-state index contributed by atoms with van der Waals surface area (Å²) >= 11 is 0. The SMILES string of the molecule is C/C=C\c1c(C)c2ccccc2n1-c1ccc(-c2nc3nc(-n4c5ccccc5c5ccccc54)cc(-c4ccc(-n5c6ccccc6c6ccccc65)cc4)c3o2)cc1. The van der Waals surface area contributed by atoms with E-state index in [-0.39, 0.29) is 0 Å². The second kappa shape index (κ2) is 13.3. The summed E-state index contributed by atoms with van der Waals surface area (Å²) in [6.45, 7) is 4.25. The average Bonchev–Trinajstić information content (AvgIpc) is 4.05. The van der Waals surface area contributed by atoms with E-state index in [1.165, 1.54) is 54.7 Å². The Morgan fingerprint density at radius 2 is 0.917 bits per heavy atom. The van der Waals surface area contributed by atoms with Gasteiger partial charge in [-0.05, 0) is 104 Å². The van der Waals surface area contributed by atoms with Crippen molar-refractivity contribution in [1.29, 1.82) is 0 Å². The molecular weight excluding hydrogens is 735 g/mol. The fourth-order valence-corrected chi connectivity index (χ4v) is 9.32. The average molecular weight is 772 g/mol. The smallest absolute Gasteiger partial charge is 0.228 e. The monoisotopic (exact) mass is 771 g/mol. The Morgan fingerprint density at radius 1 is 0.467 bits per heavy atom. The van der Waals surface area contributed by atoms with E-state index in [9.17, 15) is 0 Å². The van der Waals surface area contributed by atoms with E-state index in [1.54, 1.807) is 0 Å². The molecule has 0 aliphatic carbocycles. The number of oxazole rings is 1. The number of allylic oxidation sites excluding steroid dienone is 1. The summed E-state index contributed by atoms with van der Waals surface area (Å²) in [5.74, 6) is 1.30. The Balaban J connectivity index is 1.03. The van der Waals surface area contributed by atoms with Gasteiger partial charge in [0.1, 0.15) is 5.82 Å². The van der Waals surface area contributed by atoms with Crippen LogP contribution in [0.1, 0.15) is 18.2 Å². The highest BCUT2D eigenvalue weighted by atomic mass is 16.3. The van der Waals surface area contributed by atoms with E-state index in [0.717, 1.165) is 44.9 Å². The topological polar surface area (TPSA) is 53.7 Å². The van der Waals surface area contributed by atoms with Crippen molar-refractivity contribution in [2.24, 2.45) is 0 Å². The highest BCUT2D eigenvalue weighted by Crippen LogP contribution is 2.39. The largest absolute Gasteiger partial charge is 0.434 e. The van der Waals surface area contributed by atoms with E-state index in [1.807, 2.05) is 0 Å². The first-order valence-electron chi connectivity index (χ1n) is 20.4. The summed E-state index contributed by atoms with van der Waals surface area (Å²) in [5, 5.41) is 6.07. The van der Waals surface area contributed by atoms with Crippen molar-refractivity contribution < 1.29 is 4.42 Å². The molecule has 7 aromatic carbocycles. The molecule has 0 unspecified atom stereocenters. The molecule has 6 nitrogen and oxygen atoms in total. The Labute approximate surface area is 345 Å². The van der Waals surface area contributed by atoms with Crippen LogP contribution in [0.15, 0.2) is 186 Å². The first kappa shape index (κ1) is 34.1. The summed E-state index contributed by atoms with van der Waals surface area (Å²) in [6, 6.07) is 62.2. The lowest BCUT2D eigenvalue weighted by atomic mass is 10.1. The summed E-state index contributed by atoms with van der Waals surface area (Å²) in [4.78, 5) is 10.4. The molecule has 0 fully saturated rings. The number of para-hydroxylation sites is 5. The number of aromatic nitrogens is 5. The summed E-state index contributed by atoms with van der Waals surface area (Å²) < 4.78 is 13.7. The van der Waals surface area contributed by atoms with Crippen molar-refractivity contribution in [3.8, 4) is 39.8 Å². The summed E-state index contributed by atoms with van der Waals surface area (Å²) in [7, 11) is 0. The minimum Gasteiger partial charge on any atom is -0.434 e. The van der Waals surface area contributed by atoms with Gasteiger partial charge in [-0.1, -0.05) is 109 Å².